The fraction of sp³-hybridized carbons (Fsp3) is 0.400. The first-order valence-electron chi connectivity index (χ1n) is 9.54. The van der Waals surface area contributed by atoms with Gasteiger partial charge in [-0.05, 0) is 36.5 Å². The van der Waals surface area contributed by atoms with Crippen LogP contribution in [-0.2, 0) is 19.2 Å². The van der Waals surface area contributed by atoms with Gasteiger partial charge in [0, 0.05) is 5.92 Å². The number of hydroxylamine groups is 4. The summed E-state index contributed by atoms with van der Waals surface area (Å²) in [6, 6.07) is 3.62. The van der Waals surface area contributed by atoms with Gasteiger partial charge in [-0.2, -0.15) is 10.1 Å². The molecule has 4 aliphatic rings. The number of allylic oxidation sites excluding steroid dienone is 2. The molecule has 5 rings (SSSR count). The van der Waals surface area contributed by atoms with Gasteiger partial charge in [0.05, 0.1) is 23.7 Å². The molecule has 30 heavy (non-hydrogen) atoms. The Balaban J connectivity index is 1.67. The molecule has 3 fully saturated rings. The molecule has 0 aromatic heterocycles. The van der Waals surface area contributed by atoms with Crippen molar-refractivity contribution in [2.75, 3.05) is 0 Å². The second-order valence-corrected chi connectivity index (χ2v) is 8.21. The van der Waals surface area contributed by atoms with Crippen molar-refractivity contribution >= 4 is 23.6 Å². The zero-order valence-electron chi connectivity index (χ0n) is 15.4. The van der Waals surface area contributed by atoms with E-state index in [1.807, 2.05) is 0 Å². The number of hydrogen-bond acceptors (Lipinski definition) is 7. The summed E-state index contributed by atoms with van der Waals surface area (Å²) >= 11 is 0. The Hall–Kier alpha value is -3.11. The normalized spacial score (nSPS) is 35.4. The first-order chi connectivity index (χ1) is 14.2. The summed E-state index contributed by atoms with van der Waals surface area (Å²) in [4.78, 5) is 50.0. The smallest absolute Gasteiger partial charge is 0.258 e. The number of nitrogens with zero attached hydrogens (tertiary/aromatic N) is 2. The molecule has 156 valence electrons. The lowest BCUT2D eigenvalue weighted by Crippen LogP contribution is -2.43. The van der Waals surface area contributed by atoms with Crippen LogP contribution in [0.1, 0.15) is 24.3 Å². The molecule has 6 atom stereocenters. The number of carbonyl (C=O) groups excluding carboxylic acids is 4. The van der Waals surface area contributed by atoms with E-state index in [9.17, 15) is 39.1 Å². The monoisotopic (exact) mass is 416 g/mol. The summed E-state index contributed by atoms with van der Waals surface area (Å²) in [7, 11) is 0. The summed E-state index contributed by atoms with van der Waals surface area (Å²) in [5.41, 5.74) is 0.902. The van der Waals surface area contributed by atoms with Crippen LogP contribution in [0.15, 0.2) is 29.8 Å². The van der Waals surface area contributed by atoms with E-state index >= 15 is 0 Å². The standard InChI is InChI=1S/C20H17FN2O7/c21-12-5-7(1-4-13(12)24)14-8-2-3-9-15(19(27)22(29)17(9)25)10(8)6-11-16(14)20(28)23(30)18(11)26/h1-2,4-5,9-11,14-16,24,29-30H,3,6H2. The van der Waals surface area contributed by atoms with Crippen molar-refractivity contribution in [3.63, 3.8) is 0 Å². The summed E-state index contributed by atoms with van der Waals surface area (Å²) in [5.74, 6) is -9.69. The van der Waals surface area contributed by atoms with Crippen molar-refractivity contribution in [1.82, 2.24) is 10.1 Å². The highest BCUT2D eigenvalue weighted by Crippen LogP contribution is 2.57. The number of phenols is 1. The SMILES string of the molecule is O=C1C2CC=C3C(CC4C(=O)N(O)C(=O)C4C3c3ccc(O)c(F)c3)C2C(=O)N1O. The van der Waals surface area contributed by atoms with Crippen molar-refractivity contribution in [2.45, 2.75) is 18.8 Å². The fourth-order valence-electron chi connectivity index (χ4n) is 5.65. The molecule has 9 nitrogen and oxygen atoms in total. The van der Waals surface area contributed by atoms with Crippen LogP contribution in [-0.4, -0.2) is 49.3 Å². The number of benzene rings is 1. The number of rotatable bonds is 1. The fourth-order valence-corrected chi connectivity index (χ4v) is 5.65. The van der Waals surface area contributed by atoms with Crippen LogP contribution in [0.3, 0.4) is 0 Å². The molecular weight excluding hydrogens is 399 g/mol. The molecule has 4 amide bonds. The predicted octanol–water partition coefficient (Wildman–Crippen LogP) is 0.946. The molecule has 2 aliphatic heterocycles. The zero-order valence-corrected chi connectivity index (χ0v) is 15.4. The van der Waals surface area contributed by atoms with Gasteiger partial charge in [-0.1, -0.05) is 17.7 Å². The van der Waals surface area contributed by atoms with Gasteiger partial charge in [-0.25, -0.2) is 4.39 Å². The maximum Gasteiger partial charge on any atom is 0.258 e. The number of hydrogen-bond donors (Lipinski definition) is 3. The lowest BCUT2D eigenvalue weighted by molar-refractivity contribution is -0.174. The van der Waals surface area contributed by atoms with Crippen molar-refractivity contribution in [2.24, 2.45) is 29.6 Å². The molecule has 10 heteroatoms. The molecule has 3 N–H and O–H groups in total. The van der Waals surface area contributed by atoms with Crippen LogP contribution in [0.2, 0.25) is 0 Å². The first-order valence-corrected chi connectivity index (χ1v) is 9.54. The minimum atomic E-state index is -0.997. The Morgan fingerprint density at radius 3 is 2.17 bits per heavy atom. The highest BCUT2D eigenvalue weighted by molar-refractivity contribution is 6.06. The maximum absolute atomic E-state index is 14.1. The van der Waals surface area contributed by atoms with Gasteiger partial charge in [-0.15, -0.1) is 0 Å². The highest BCUT2D eigenvalue weighted by atomic mass is 19.1. The third kappa shape index (κ3) is 2.28. The average Bonchev–Trinajstić information content (AvgIpc) is 3.09. The third-order valence-corrected chi connectivity index (χ3v) is 6.93. The molecular formula is C20H17FN2O7. The second-order valence-electron chi connectivity index (χ2n) is 8.21. The maximum atomic E-state index is 14.1. The van der Waals surface area contributed by atoms with E-state index in [4.69, 9.17) is 0 Å². The largest absolute Gasteiger partial charge is 0.505 e. The Labute approximate surface area is 168 Å². The van der Waals surface area contributed by atoms with Gasteiger partial charge >= 0.3 is 0 Å². The quantitative estimate of drug-likeness (QED) is 0.352. The number of aromatic hydroxyl groups is 1. The number of amides is 4. The number of halogens is 1. The molecule has 6 unspecified atom stereocenters. The molecule has 1 aromatic carbocycles. The van der Waals surface area contributed by atoms with Gasteiger partial charge in [0.2, 0.25) is 0 Å². The summed E-state index contributed by atoms with van der Waals surface area (Å²) in [6.07, 6.45) is 1.90. The third-order valence-electron chi connectivity index (χ3n) is 6.93. The molecule has 2 saturated heterocycles. The van der Waals surface area contributed by atoms with Crippen LogP contribution < -0.4 is 0 Å². The van der Waals surface area contributed by atoms with Crippen LogP contribution in [0.4, 0.5) is 4.39 Å². The van der Waals surface area contributed by atoms with E-state index in [0.29, 0.717) is 11.1 Å². The van der Waals surface area contributed by atoms with E-state index < -0.39 is 70.7 Å². The Morgan fingerprint density at radius 2 is 1.50 bits per heavy atom. The van der Waals surface area contributed by atoms with E-state index in [1.54, 1.807) is 6.08 Å². The van der Waals surface area contributed by atoms with E-state index in [1.165, 1.54) is 6.07 Å². The van der Waals surface area contributed by atoms with Crippen molar-refractivity contribution in [3.05, 3.63) is 41.2 Å². The molecule has 2 aliphatic carbocycles. The van der Waals surface area contributed by atoms with Gasteiger partial charge in [0.25, 0.3) is 23.6 Å². The Morgan fingerprint density at radius 1 is 0.867 bits per heavy atom. The molecule has 2 heterocycles. The van der Waals surface area contributed by atoms with Gasteiger partial charge < -0.3 is 5.11 Å². The van der Waals surface area contributed by atoms with Gasteiger partial charge in [0.1, 0.15) is 0 Å². The molecule has 1 aromatic rings. The summed E-state index contributed by atoms with van der Waals surface area (Å²) < 4.78 is 14.1. The number of carbonyl (C=O) groups is 4. The van der Waals surface area contributed by atoms with Crippen molar-refractivity contribution in [3.8, 4) is 5.75 Å². The minimum absolute atomic E-state index is 0.0449. The highest BCUT2D eigenvalue weighted by Gasteiger charge is 2.62. The molecule has 0 spiro atoms. The second kappa shape index (κ2) is 6.19. The van der Waals surface area contributed by atoms with Crippen LogP contribution in [0.25, 0.3) is 0 Å². The van der Waals surface area contributed by atoms with E-state index in [-0.39, 0.29) is 23.0 Å². The summed E-state index contributed by atoms with van der Waals surface area (Å²) in [5, 5.41) is 29.5. The minimum Gasteiger partial charge on any atom is -0.505 e. The Kier molecular flexibility index (Phi) is 3.90. The van der Waals surface area contributed by atoms with Crippen molar-refractivity contribution < 1.29 is 39.1 Å². The average molecular weight is 416 g/mol. The lowest BCUT2D eigenvalue weighted by Gasteiger charge is -2.43. The van der Waals surface area contributed by atoms with Crippen LogP contribution in [0, 0.1) is 35.4 Å². The molecule has 0 bridgehead atoms. The summed E-state index contributed by atoms with van der Waals surface area (Å²) in [6.45, 7) is 0. The van der Waals surface area contributed by atoms with Crippen LogP contribution in [0.5, 0.6) is 5.75 Å². The topological polar surface area (TPSA) is 135 Å². The van der Waals surface area contributed by atoms with Crippen molar-refractivity contribution in [1.29, 1.82) is 0 Å². The van der Waals surface area contributed by atoms with Gasteiger partial charge in [-0.3, -0.25) is 29.6 Å². The van der Waals surface area contributed by atoms with E-state index in [0.717, 1.165) is 12.1 Å². The van der Waals surface area contributed by atoms with Crippen LogP contribution >= 0.6 is 0 Å². The number of phenolic OH excluding ortho intramolecular Hbond substituents is 1. The molecule has 1 saturated carbocycles. The first kappa shape index (κ1) is 18.9. The van der Waals surface area contributed by atoms with Gasteiger partial charge in [0.15, 0.2) is 11.6 Å². The van der Waals surface area contributed by atoms with E-state index in [2.05, 4.69) is 0 Å². The number of imide groups is 2. The Bertz CT molecular complexity index is 1050. The lowest BCUT2D eigenvalue weighted by atomic mass is 9.57. The predicted molar refractivity (Wildman–Crippen MR) is 92.9 cm³/mol. The zero-order chi connectivity index (χ0) is 21.5. The molecule has 0 radical (unpaired) electrons. The number of fused-ring (bicyclic) bond motifs is 4.